The summed E-state index contributed by atoms with van der Waals surface area (Å²) in [6.07, 6.45) is 3.85. The second-order valence-electron chi connectivity index (χ2n) is 3.90. The Kier molecular flexibility index (Phi) is 7.71. The summed E-state index contributed by atoms with van der Waals surface area (Å²) in [5.74, 6) is -0.367. The van der Waals surface area contributed by atoms with E-state index in [1.54, 1.807) is 6.92 Å². The first-order chi connectivity index (χ1) is 7.15. The van der Waals surface area contributed by atoms with Gasteiger partial charge in [0.25, 0.3) is 0 Å². The minimum atomic E-state index is -0.579. The SMILES string of the molecule is CCCC(C)CC[C@@H](C#N)C(=O)OCC. The number of rotatable bonds is 7. The fourth-order valence-corrected chi connectivity index (χ4v) is 1.57. The van der Waals surface area contributed by atoms with Gasteiger partial charge in [-0.1, -0.05) is 26.7 Å². The van der Waals surface area contributed by atoms with Crippen molar-refractivity contribution < 1.29 is 9.53 Å². The van der Waals surface area contributed by atoms with Gasteiger partial charge in [0, 0.05) is 0 Å². The zero-order valence-electron chi connectivity index (χ0n) is 9.95. The molecule has 0 aromatic carbocycles. The Morgan fingerprint density at radius 3 is 2.47 bits per heavy atom. The molecule has 2 atom stereocenters. The monoisotopic (exact) mass is 211 g/mol. The van der Waals surface area contributed by atoms with Crippen LogP contribution in [0.3, 0.4) is 0 Å². The van der Waals surface area contributed by atoms with Crippen molar-refractivity contribution in [2.45, 2.75) is 46.5 Å². The third-order valence-electron chi connectivity index (χ3n) is 2.46. The van der Waals surface area contributed by atoms with E-state index >= 15 is 0 Å². The van der Waals surface area contributed by atoms with Crippen LogP contribution in [-0.4, -0.2) is 12.6 Å². The van der Waals surface area contributed by atoms with Gasteiger partial charge in [-0.15, -0.1) is 0 Å². The highest BCUT2D eigenvalue weighted by Gasteiger charge is 2.19. The van der Waals surface area contributed by atoms with Crippen LogP contribution in [0.25, 0.3) is 0 Å². The molecule has 0 aromatic heterocycles. The molecule has 86 valence electrons. The van der Waals surface area contributed by atoms with Crippen LogP contribution in [0.1, 0.15) is 46.5 Å². The lowest BCUT2D eigenvalue weighted by Gasteiger charge is -2.12. The summed E-state index contributed by atoms with van der Waals surface area (Å²) in [5, 5.41) is 8.82. The van der Waals surface area contributed by atoms with Gasteiger partial charge in [0.2, 0.25) is 0 Å². The molecule has 0 aromatic rings. The summed E-state index contributed by atoms with van der Waals surface area (Å²) in [6.45, 7) is 6.40. The Balaban J connectivity index is 3.90. The van der Waals surface area contributed by atoms with Crippen molar-refractivity contribution in [3.8, 4) is 6.07 Å². The van der Waals surface area contributed by atoms with Crippen molar-refractivity contribution in [2.24, 2.45) is 11.8 Å². The van der Waals surface area contributed by atoms with E-state index < -0.39 is 5.92 Å². The molecule has 0 amide bonds. The van der Waals surface area contributed by atoms with Gasteiger partial charge in [0.1, 0.15) is 5.92 Å². The number of nitriles is 1. The van der Waals surface area contributed by atoms with Gasteiger partial charge < -0.3 is 4.74 Å². The molecule has 0 saturated heterocycles. The van der Waals surface area contributed by atoms with Crippen molar-refractivity contribution >= 4 is 5.97 Å². The van der Waals surface area contributed by atoms with E-state index in [9.17, 15) is 4.79 Å². The van der Waals surface area contributed by atoms with Crippen molar-refractivity contribution in [3.63, 3.8) is 0 Å². The molecule has 3 nitrogen and oxygen atoms in total. The van der Waals surface area contributed by atoms with Gasteiger partial charge in [-0.2, -0.15) is 5.26 Å². The molecule has 1 unspecified atom stereocenters. The zero-order valence-corrected chi connectivity index (χ0v) is 9.95. The van der Waals surface area contributed by atoms with Crippen molar-refractivity contribution in [1.29, 1.82) is 5.26 Å². The van der Waals surface area contributed by atoms with Gasteiger partial charge in [-0.3, -0.25) is 4.79 Å². The lowest BCUT2D eigenvalue weighted by atomic mass is 9.95. The first kappa shape index (κ1) is 14.0. The molecule has 0 aliphatic heterocycles. The van der Waals surface area contributed by atoms with Crippen LogP contribution < -0.4 is 0 Å². The molecule has 0 spiro atoms. The summed E-state index contributed by atoms with van der Waals surface area (Å²) < 4.78 is 4.83. The highest BCUT2D eigenvalue weighted by Crippen LogP contribution is 2.17. The predicted molar refractivity (Wildman–Crippen MR) is 59.0 cm³/mol. The smallest absolute Gasteiger partial charge is 0.323 e. The normalized spacial score (nSPS) is 14.0. The molecule has 0 N–H and O–H groups in total. The van der Waals surface area contributed by atoms with Crippen LogP contribution in [0, 0.1) is 23.2 Å². The minimum absolute atomic E-state index is 0.349. The molecule has 0 fully saturated rings. The number of ether oxygens (including phenoxy) is 1. The van der Waals surface area contributed by atoms with Gasteiger partial charge in [0.15, 0.2) is 0 Å². The number of esters is 1. The fraction of sp³-hybridized carbons (Fsp3) is 0.833. The number of carbonyl (C=O) groups is 1. The van der Waals surface area contributed by atoms with Crippen LogP contribution >= 0.6 is 0 Å². The number of hydrogen-bond donors (Lipinski definition) is 0. The maximum absolute atomic E-state index is 11.3. The third kappa shape index (κ3) is 6.11. The molecule has 0 saturated carbocycles. The second-order valence-corrected chi connectivity index (χ2v) is 3.90. The van der Waals surface area contributed by atoms with Gasteiger partial charge in [0.05, 0.1) is 12.7 Å². The van der Waals surface area contributed by atoms with E-state index in [-0.39, 0.29) is 5.97 Å². The summed E-state index contributed by atoms with van der Waals surface area (Å²) in [6, 6.07) is 2.01. The van der Waals surface area contributed by atoms with Crippen molar-refractivity contribution in [3.05, 3.63) is 0 Å². The predicted octanol–water partition coefficient (Wildman–Crippen LogP) is 2.91. The third-order valence-corrected chi connectivity index (χ3v) is 2.46. The summed E-state index contributed by atoms with van der Waals surface area (Å²) in [5.41, 5.74) is 0. The van der Waals surface area contributed by atoms with E-state index in [1.165, 1.54) is 0 Å². The van der Waals surface area contributed by atoms with E-state index in [4.69, 9.17) is 10.00 Å². The van der Waals surface area contributed by atoms with E-state index in [1.807, 2.05) is 6.07 Å². The highest BCUT2D eigenvalue weighted by atomic mass is 16.5. The number of carbonyl (C=O) groups excluding carboxylic acids is 1. The maximum atomic E-state index is 11.3. The standard InChI is InChI=1S/C12H21NO2/c1-4-6-10(3)7-8-11(9-13)12(14)15-5-2/h10-11H,4-8H2,1-3H3/t10?,11-/m0/s1. The Morgan fingerprint density at radius 1 is 1.33 bits per heavy atom. The van der Waals surface area contributed by atoms with E-state index in [2.05, 4.69) is 13.8 Å². The largest absolute Gasteiger partial charge is 0.465 e. The molecule has 0 heterocycles. The zero-order chi connectivity index (χ0) is 11.7. The average Bonchev–Trinajstić information content (AvgIpc) is 2.19. The number of hydrogen-bond acceptors (Lipinski definition) is 3. The summed E-state index contributed by atoms with van der Waals surface area (Å²) in [7, 11) is 0. The second kappa shape index (κ2) is 8.28. The first-order valence-electron chi connectivity index (χ1n) is 5.71. The molecular weight excluding hydrogens is 190 g/mol. The highest BCUT2D eigenvalue weighted by molar-refractivity contribution is 5.75. The fourth-order valence-electron chi connectivity index (χ4n) is 1.57. The lowest BCUT2D eigenvalue weighted by Crippen LogP contribution is -2.17. The van der Waals surface area contributed by atoms with Gasteiger partial charge in [-0.25, -0.2) is 0 Å². The van der Waals surface area contributed by atoms with E-state index in [0.717, 1.165) is 19.3 Å². The van der Waals surface area contributed by atoms with Crippen LogP contribution in [-0.2, 0) is 9.53 Å². The molecule has 15 heavy (non-hydrogen) atoms. The van der Waals surface area contributed by atoms with Crippen molar-refractivity contribution in [2.75, 3.05) is 6.61 Å². The van der Waals surface area contributed by atoms with Crippen LogP contribution in [0.2, 0.25) is 0 Å². The summed E-state index contributed by atoms with van der Waals surface area (Å²) in [4.78, 5) is 11.3. The van der Waals surface area contributed by atoms with Gasteiger partial charge in [-0.05, 0) is 25.7 Å². The molecule has 0 radical (unpaired) electrons. The Hall–Kier alpha value is -1.04. The average molecular weight is 211 g/mol. The Labute approximate surface area is 92.4 Å². The van der Waals surface area contributed by atoms with Crippen LogP contribution in [0.15, 0.2) is 0 Å². The number of nitrogens with zero attached hydrogens (tertiary/aromatic N) is 1. The first-order valence-corrected chi connectivity index (χ1v) is 5.71. The van der Waals surface area contributed by atoms with Crippen LogP contribution in [0.4, 0.5) is 0 Å². The van der Waals surface area contributed by atoms with E-state index in [0.29, 0.717) is 18.9 Å². The molecule has 0 bridgehead atoms. The quantitative estimate of drug-likeness (QED) is 0.608. The Morgan fingerprint density at radius 2 is 2.00 bits per heavy atom. The minimum Gasteiger partial charge on any atom is -0.465 e. The molecule has 0 aliphatic rings. The summed E-state index contributed by atoms with van der Waals surface area (Å²) >= 11 is 0. The van der Waals surface area contributed by atoms with Crippen LogP contribution in [0.5, 0.6) is 0 Å². The maximum Gasteiger partial charge on any atom is 0.323 e. The van der Waals surface area contributed by atoms with Gasteiger partial charge >= 0.3 is 5.97 Å². The molecule has 0 rings (SSSR count). The van der Waals surface area contributed by atoms with Crippen molar-refractivity contribution in [1.82, 2.24) is 0 Å². The topological polar surface area (TPSA) is 50.1 Å². The molecular formula is C12H21NO2. The molecule has 3 heteroatoms. The Bertz CT molecular complexity index is 220. The molecule has 0 aliphatic carbocycles. The lowest BCUT2D eigenvalue weighted by molar-refractivity contribution is -0.146.